The van der Waals surface area contributed by atoms with Crippen LogP contribution in [-0.4, -0.2) is 33.5 Å². The van der Waals surface area contributed by atoms with Gasteiger partial charge in [0.2, 0.25) is 11.8 Å². The molecule has 2 aromatic heterocycles. The van der Waals surface area contributed by atoms with Crippen LogP contribution in [0.4, 0.5) is 0 Å². The first-order valence-electron chi connectivity index (χ1n) is 7.57. The lowest BCUT2D eigenvalue weighted by atomic mass is 10.2. The van der Waals surface area contributed by atoms with E-state index < -0.39 is 0 Å². The highest BCUT2D eigenvalue weighted by Gasteiger charge is 2.22. The molecule has 0 radical (unpaired) electrons. The van der Waals surface area contributed by atoms with Crippen molar-refractivity contribution in [1.29, 1.82) is 0 Å². The van der Waals surface area contributed by atoms with Gasteiger partial charge in [-0.3, -0.25) is 4.79 Å². The topological polar surface area (TPSA) is 79.9 Å². The second-order valence-electron chi connectivity index (χ2n) is 5.97. The molecular weight excluding hydrogens is 280 g/mol. The number of carbonyl (C=O) groups excluding carboxylic acids is 1. The van der Waals surface area contributed by atoms with Crippen LogP contribution < -0.4 is 10.1 Å². The van der Waals surface area contributed by atoms with Crippen molar-refractivity contribution in [2.24, 2.45) is 5.92 Å². The fraction of sp³-hybridized carbons (Fsp3) is 0.438. The largest absolute Gasteiger partial charge is 0.477 e. The second-order valence-corrected chi connectivity index (χ2v) is 5.97. The Morgan fingerprint density at radius 3 is 3.05 bits per heavy atom. The molecule has 1 aliphatic rings. The van der Waals surface area contributed by atoms with E-state index in [1.165, 1.54) is 6.33 Å². The summed E-state index contributed by atoms with van der Waals surface area (Å²) in [7, 11) is 0. The summed E-state index contributed by atoms with van der Waals surface area (Å²) < 4.78 is 5.76. The minimum Gasteiger partial charge on any atom is -0.477 e. The van der Waals surface area contributed by atoms with Crippen LogP contribution in [-0.2, 0) is 4.79 Å². The highest BCUT2D eigenvalue weighted by atomic mass is 16.5. The Labute approximate surface area is 129 Å². The average Bonchev–Trinajstić information content (AvgIpc) is 3.20. The van der Waals surface area contributed by atoms with Crippen LogP contribution in [0.15, 0.2) is 18.6 Å². The molecule has 0 spiro atoms. The maximum atomic E-state index is 11.8. The Morgan fingerprint density at radius 1 is 1.50 bits per heavy atom. The van der Waals surface area contributed by atoms with Gasteiger partial charge in [0.05, 0.1) is 12.0 Å². The molecule has 0 aliphatic heterocycles. The molecule has 0 aromatic carbocycles. The molecule has 22 heavy (non-hydrogen) atoms. The number of aromatic amines is 1. The summed E-state index contributed by atoms with van der Waals surface area (Å²) in [5.41, 5.74) is 1.55. The van der Waals surface area contributed by atoms with E-state index >= 15 is 0 Å². The van der Waals surface area contributed by atoms with E-state index in [-0.39, 0.29) is 5.91 Å². The predicted molar refractivity (Wildman–Crippen MR) is 84.4 cm³/mol. The zero-order valence-electron chi connectivity index (χ0n) is 12.8. The number of rotatable bonds is 6. The molecule has 3 rings (SSSR count). The molecule has 0 unspecified atom stereocenters. The summed E-state index contributed by atoms with van der Waals surface area (Å²) in [5, 5.41) is 3.72. The standard InChI is InChI=1S/C16H20N4O2/c1-10(2)8-22-16-14-11(7-17-15(14)18-9-19-16)3-6-13(21)20-12-4-5-12/h3,6-7,9-10,12H,4-5,8H2,1-2H3,(H,20,21)(H,17,18,19)/b6-3+. The summed E-state index contributed by atoms with van der Waals surface area (Å²) in [6.07, 6.45) is 8.74. The first-order valence-corrected chi connectivity index (χ1v) is 7.57. The van der Waals surface area contributed by atoms with Gasteiger partial charge in [0.15, 0.2) is 0 Å². The van der Waals surface area contributed by atoms with Crippen molar-refractivity contribution >= 4 is 23.0 Å². The normalized spacial score (nSPS) is 14.9. The molecule has 6 heteroatoms. The maximum absolute atomic E-state index is 11.8. The number of carbonyl (C=O) groups is 1. The third-order valence-corrected chi connectivity index (χ3v) is 3.36. The monoisotopic (exact) mass is 300 g/mol. The number of H-pyrrole nitrogens is 1. The number of hydrogen-bond acceptors (Lipinski definition) is 4. The lowest BCUT2D eigenvalue weighted by Gasteiger charge is -2.08. The van der Waals surface area contributed by atoms with Gasteiger partial charge in [0.25, 0.3) is 0 Å². The van der Waals surface area contributed by atoms with Crippen molar-refractivity contribution in [2.45, 2.75) is 32.7 Å². The first-order chi connectivity index (χ1) is 10.6. The van der Waals surface area contributed by atoms with Gasteiger partial charge in [0, 0.05) is 23.9 Å². The van der Waals surface area contributed by atoms with Crippen LogP contribution in [0.25, 0.3) is 17.1 Å². The molecule has 1 amide bonds. The van der Waals surface area contributed by atoms with Crippen molar-refractivity contribution in [3.05, 3.63) is 24.2 Å². The number of ether oxygens (including phenoxy) is 1. The Hall–Kier alpha value is -2.37. The van der Waals surface area contributed by atoms with Gasteiger partial charge in [-0.2, -0.15) is 0 Å². The van der Waals surface area contributed by atoms with Crippen molar-refractivity contribution in [3.63, 3.8) is 0 Å². The molecule has 0 saturated heterocycles. The fourth-order valence-corrected chi connectivity index (χ4v) is 2.09. The van der Waals surface area contributed by atoms with Gasteiger partial charge >= 0.3 is 0 Å². The number of aromatic nitrogens is 3. The van der Waals surface area contributed by atoms with Crippen molar-refractivity contribution in [3.8, 4) is 5.88 Å². The quantitative estimate of drug-likeness (QED) is 0.802. The summed E-state index contributed by atoms with van der Waals surface area (Å²) in [6.45, 7) is 4.75. The SMILES string of the molecule is CC(C)COc1ncnc2[nH]cc(/C=C/C(=O)NC3CC3)c12. The summed E-state index contributed by atoms with van der Waals surface area (Å²) in [5.74, 6) is 0.882. The third-order valence-electron chi connectivity index (χ3n) is 3.36. The lowest BCUT2D eigenvalue weighted by molar-refractivity contribution is -0.116. The van der Waals surface area contributed by atoms with Gasteiger partial charge in [-0.05, 0) is 24.8 Å². The van der Waals surface area contributed by atoms with Crippen molar-refractivity contribution in [1.82, 2.24) is 20.3 Å². The molecular formula is C16H20N4O2. The molecule has 6 nitrogen and oxygen atoms in total. The minimum absolute atomic E-state index is 0.0710. The molecule has 0 atom stereocenters. The molecule has 1 fully saturated rings. The van der Waals surface area contributed by atoms with Gasteiger partial charge < -0.3 is 15.0 Å². The second kappa shape index (κ2) is 6.17. The van der Waals surface area contributed by atoms with E-state index in [1.807, 2.05) is 6.20 Å². The van der Waals surface area contributed by atoms with E-state index in [4.69, 9.17) is 4.74 Å². The summed E-state index contributed by atoms with van der Waals surface area (Å²) in [6, 6.07) is 0.355. The Morgan fingerprint density at radius 2 is 2.32 bits per heavy atom. The molecule has 1 aliphatic carbocycles. The van der Waals surface area contributed by atoms with E-state index in [0.717, 1.165) is 23.8 Å². The summed E-state index contributed by atoms with van der Waals surface area (Å²) in [4.78, 5) is 23.2. The van der Waals surface area contributed by atoms with Gasteiger partial charge in [-0.25, -0.2) is 9.97 Å². The maximum Gasteiger partial charge on any atom is 0.244 e. The van der Waals surface area contributed by atoms with Gasteiger partial charge in [-0.1, -0.05) is 13.8 Å². The van der Waals surface area contributed by atoms with Crippen LogP contribution in [0, 0.1) is 5.92 Å². The smallest absolute Gasteiger partial charge is 0.244 e. The van der Waals surface area contributed by atoms with Crippen LogP contribution in [0.5, 0.6) is 5.88 Å². The highest BCUT2D eigenvalue weighted by molar-refractivity contribution is 5.97. The number of fused-ring (bicyclic) bond motifs is 1. The molecule has 2 heterocycles. The number of nitrogens with zero attached hydrogens (tertiary/aromatic N) is 2. The van der Waals surface area contributed by atoms with Crippen LogP contribution in [0.2, 0.25) is 0 Å². The molecule has 0 bridgehead atoms. The van der Waals surface area contributed by atoms with Gasteiger partial charge in [-0.15, -0.1) is 0 Å². The Bertz CT molecular complexity index is 701. The number of amides is 1. The van der Waals surface area contributed by atoms with E-state index in [9.17, 15) is 4.79 Å². The predicted octanol–water partition coefficient (Wildman–Crippen LogP) is 2.28. The van der Waals surface area contributed by atoms with Crippen molar-refractivity contribution in [2.75, 3.05) is 6.61 Å². The first kappa shape index (κ1) is 14.6. The zero-order chi connectivity index (χ0) is 15.5. The lowest BCUT2D eigenvalue weighted by Crippen LogP contribution is -2.22. The third kappa shape index (κ3) is 3.44. The van der Waals surface area contributed by atoms with Crippen LogP contribution >= 0.6 is 0 Å². The van der Waals surface area contributed by atoms with Crippen molar-refractivity contribution < 1.29 is 9.53 Å². The molecule has 1 saturated carbocycles. The Balaban J connectivity index is 1.82. The van der Waals surface area contributed by atoms with E-state index in [1.54, 1.807) is 12.2 Å². The van der Waals surface area contributed by atoms with Crippen LogP contribution in [0.3, 0.4) is 0 Å². The van der Waals surface area contributed by atoms with Gasteiger partial charge in [0.1, 0.15) is 12.0 Å². The molecule has 116 valence electrons. The number of nitrogens with one attached hydrogen (secondary N) is 2. The summed E-state index contributed by atoms with van der Waals surface area (Å²) >= 11 is 0. The highest BCUT2D eigenvalue weighted by Crippen LogP contribution is 2.26. The zero-order valence-corrected chi connectivity index (χ0v) is 12.8. The van der Waals surface area contributed by atoms with E-state index in [0.29, 0.717) is 30.1 Å². The van der Waals surface area contributed by atoms with E-state index in [2.05, 4.69) is 34.1 Å². The average molecular weight is 300 g/mol. The Kier molecular flexibility index (Phi) is 4.09. The fourth-order valence-electron chi connectivity index (χ4n) is 2.09. The van der Waals surface area contributed by atoms with Crippen LogP contribution in [0.1, 0.15) is 32.3 Å². The number of hydrogen-bond donors (Lipinski definition) is 2. The molecule has 2 N–H and O–H groups in total. The minimum atomic E-state index is -0.0710. The molecule has 2 aromatic rings.